The second-order valence-corrected chi connectivity index (χ2v) is 4.89. The van der Waals surface area contributed by atoms with E-state index in [0.717, 1.165) is 6.42 Å². The molecular weight excluding hydrogens is 246 g/mol. The number of oxazole rings is 1. The predicted octanol–water partition coefficient (Wildman–Crippen LogP) is 1.19. The standard InChI is InChI=1S/C13H21N3O3/c1-3-9(2)11(14)12-15-10(8-19-12)13(17)16-4-6-18-7-5-16/h8-9,11H,3-7,14H2,1-2H3. The van der Waals surface area contributed by atoms with Gasteiger partial charge in [0.15, 0.2) is 5.69 Å². The molecule has 2 rings (SSSR count). The van der Waals surface area contributed by atoms with E-state index in [4.69, 9.17) is 14.9 Å². The lowest BCUT2D eigenvalue weighted by Gasteiger charge is -2.25. The number of carbonyl (C=O) groups excluding carboxylic acids is 1. The summed E-state index contributed by atoms with van der Waals surface area (Å²) in [5.74, 6) is 0.589. The van der Waals surface area contributed by atoms with Gasteiger partial charge in [-0.05, 0) is 5.92 Å². The molecule has 106 valence electrons. The monoisotopic (exact) mass is 267 g/mol. The van der Waals surface area contributed by atoms with Gasteiger partial charge < -0.3 is 19.8 Å². The fraction of sp³-hybridized carbons (Fsp3) is 0.692. The molecule has 1 aromatic heterocycles. The fourth-order valence-corrected chi connectivity index (χ4v) is 1.96. The zero-order chi connectivity index (χ0) is 13.8. The molecule has 2 unspecified atom stereocenters. The smallest absolute Gasteiger partial charge is 0.275 e. The molecule has 1 fully saturated rings. The summed E-state index contributed by atoms with van der Waals surface area (Å²) in [6.07, 6.45) is 2.34. The number of nitrogens with zero attached hydrogens (tertiary/aromatic N) is 2. The Bertz CT molecular complexity index is 427. The maximum Gasteiger partial charge on any atom is 0.275 e. The number of rotatable bonds is 4. The van der Waals surface area contributed by atoms with Gasteiger partial charge >= 0.3 is 0 Å². The van der Waals surface area contributed by atoms with Gasteiger partial charge in [-0.15, -0.1) is 0 Å². The van der Waals surface area contributed by atoms with Crippen LogP contribution in [0.2, 0.25) is 0 Å². The highest BCUT2D eigenvalue weighted by Gasteiger charge is 2.24. The minimum absolute atomic E-state index is 0.116. The maximum absolute atomic E-state index is 12.2. The minimum atomic E-state index is -0.267. The predicted molar refractivity (Wildman–Crippen MR) is 69.6 cm³/mol. The number of hydrogen-bond acceptors (Lipinski definition) is 5. The highest BCUT2D eigenvalue weighted by atomic mass is 16.5. The molecule has 6 nitrogen and oxygen atoms in total. The molecule has 1 aliphatic heterocycles. The van der Waals surface area contributed by atoms with Crippen LogP contribution >= 0.6 is 0 Å². The first-order valence-electron chi connectivity index (χ1n) is 6.71. The summed E-state index contributed by atoms with van der Waals surface area (Å²) in [6.45, 7) is 6.44. The third kappa shape index (κ3) is 3.13. The van der Waals surface area contributed by atoms with Crippen LogP contribution in [0.3, 0.4) is 0 Å². The Kier molecular flexibility index (Phi) is 4.55. The van der Waals surface area contributed by atoms with Gasteiger partial charge in [0, 0.05) is 13.1 Å². The quantitative estimate of drug-likeness (QED) is 0.886. The molecule has 1 aliphatic rings. The van der Waals surface area contributed by atoms with Crippen LogP contribution in [0.5, 0.6) is 0 Å². The normalized spacial score (nSPS) is 19.2. The second-order valence-electron chi connectivity index (χ2n) is 4.89. The van der Waals surface area contributed by atoms with Crippen LogP contribution in [0, 0.1) is 5.92 Å². The molecule has 2 heterocycles. The van der Waals surface area contributed by atoms with Crippen molar-refractivity contribution in [3.63, 3.8) is 0 Å². The molecule has 2 N–H and O–H groups in total. The molecule has 19 heavy (non-hydrogen) atoms. The van der Waals surface area contributed by atoms with Crippen LogP contribution < -0.4 is 5.73 Å². The summed E-state index contributed by atoms with van der Waals surface area (Å²) >= 11 is 0. The van der Waals surface area contributed by atoms with E-state index in [1.807, 2.05) is 6.92 Å². The van der Waals surface area contributed by atoms with Crippen LogP contribution in [0.15, 0.2) is 10.7 Å². The Morgan fingerprint density at radius 2 is 2.21 bits per heavy atom. The van der Waals surface area contributed by atoms with E-state index < -0.39 is 0 Å². The highest BCUT2D eigenvalue weighted by molar-refractivity contribution is 5.92. The van der Waals surface area contributed by atoms with Crippen molar-refractivity contribution < 1.29 is 13.9 Å². The number of carbonyl (C=O) groups is 1. The van der Waals surface area contributed by atoms with Crippen LogP contribution in [-0.4, -0.2) is 42.1 Å². The molecule has 0 radical (unpaired) electrons. The minimum Gasteiger partial charge on any atom is -0.446 e. The van der Waals surface area contributed by atoms with E-state index in [2.05, 4.69) is 11.9 Å². The van der Waals surface area contributed by atoms with Crippen LogP contribution in [0.25, 0.3) is 0 Å². The number of aromatic nitrogens is 1. The fourth-order valence-electron chi connectivity index (χ4n) is 1.96. The first kappa shape index (κ1) is 14.0. The van der Waals surface area contributed by atoms with Gasteiger partial charge in [-0.2, -0.15) is 0 Å². The van der Waals surface area contributed by atoms with E-state index in [-0.39, 0.29) is 17.9 Å². The molecule has 1 amide bonds. The van der Waals surface area contributed by atoms with Crippen LogP contribution in [-0.2, 0) is 4.74 Å². The van der Waals surface area contributed by atoms with Gasteiger partial charge in [0.2, 0.25) is 5.89 Å². The van der Waals surface area contributed by atoms with Crippen molar-refractivity contribution in [2.75, 3.05) is 26.3 Å². The van der Waals surface area contributed by atoms with Crippen molar-refractivity contribution in [1.82, 2.24) is 9.88 Å². The van der Waals surface area contributed by atoms with E-state index in [9.17, 15) is 4.79 Å². The summed E-state index contributed by atoms with van der Waals surface area (Å²) in [4.78, 5) is 18.1. The summed E-state index contributed by atoms with van der Waals surface area (Å²) in [5, 5.41) is 0. The van der Waals surface area contributed by atoms with E-state index in [1.165, 1.54) is 6.26 Å². The summed E-state index contributed by atoms with van der Waals surface area (Å²) in [7, 11) is 0. The lowest BCUT2D eigenvalue weighted by molar-refractivity contribution is 0.0299. The SMILES string of the molecule is CCC(C)C(N)c1nc(C(=O)N2CCOCC2)co1. The molecule has 6 heteroatoms. The largest absolute Gasteiger partial charge is 0.446 e. The summed E-state index contributed by atoms with van der Waals surface area (Å²) < 4.78 is 10.6. The number of ether oxygens (including phenoxy) is 1. The third-order valence-corrected chi connectivity index (χ3v) is 3.58. The summed E-state index contributed by atoms with van der Waals surface area (Å²) in [6, 6.07) is -0.267. The number of hydrogen-bond donors (Lipinski definition) is 1. The molecule has 1 saturated heterocycles. The number of nitrogens with two attached hydrogens (primary N) is 1. The molecule has 0 aromatic carbocycles. The molecule has 0 spiro atoms. The molecule has 1 aromatic rings. The third-order valence-electron chi connectivity index (χ3n) is 3.58. The van der Waals surface area contributed by atoms with Gasteiger partial charge in [0.05, 0.1) is 19.3 Å². The average molecular weight is 267 g/mol. The molecule has 0 saturated carbocycles. The lowest BCUT2D eigenvalue weighted by atomic mass is 10.0. The van der Waals surface area contributed by atoms with Gasteiger partial charge in [-0.1, -0.05) is 20.3 Å². The van der Waals surface area contributed by atoms with Gasteiger partial charge in [0.25, 0.3) is 5.91 Å². The van der Waals surface area contributed by atoms with Crippen LogP contribution in [0.1, 0.15) is 42.7 Å². The van der Waals surface area contributed by atoms with Crippen molar-refractivity contribution in [3.05, 3.63) is 17.8 Å². The molecule has 0 aliphatic carbocycles. The number of amides is 1. The second kappa shape index (κ2) is 6.16. The van der Waals surface area contributed by atoms with Gasteiger partial charge in [0.1, 0.15) is 6.26 Å². The molecule has 0 bridgehead atoms. The Morgan fingerprint density at radius 3 is 2.84 bits per heavy atom. The van der Waals surface area contributed by atoms with E-state index in [0.29, 0.717) is 37.9 Å². The molecule has 2 atom stereocenters. The zero-order valence-electron chi connectivity index (χ0n) is 11.5. The van der Waals surface area contributed by atoms with Gasteiger partial charge in [-0.3, -0.25) is 4.79 Å². The van der Waals surface area contributed by atoms with Crippen molar-refractivity contribution >= 4 is 5.91 Å². The van der Waals surface area contributed by atoms with E-state index in [1.54, 1.807) is 4.90 Å². The molecular formula is C13H21N3O3. The van der Waals surface area contributed by atoms with Crippen molar-refractivity contribution in [1.29, 1.82) is 0 Å². The first-order valence-corrected chi connectivity index (χ1v) is 6.71. The van der Waals surface area contributed by atoms with Crippen molar-refractivity contribution in [2.24, 2.45) is 11.7 Å². The Balaban J connectivity index is 2.05. The topological polar surface area (TPSA) is 81.6 Å². The van der Waals surface area contributed by atoms with Crippen molar-refractivity contribution in [3.8, 4) is 0 Å². The highest BCUT2D eigenvalue weighted by Crippen LogP contribution is 2.21. The maximum atomic E-state index is 12.2. The zero-order valence-corrected chi connectivity index (χ0v) is 11.5. The number of morpholine rings is 1. The van der Waals surface area contributed by atoms with Gasteiger partial charge in [-0.25, -0.2) is 4.98 Å². The first-order chi connectivity index (χ1) is 9.13. The lowest BCUT2D eigenvalue weighted by Crippen LogP contribution is -2.40. The van der Waals surface area contributed by atoms with Crippen LogP contribution in [0.4, 0.5) is 0 Å². The van der Waals surface area contributed by atoms with Crippen molar-refractivity contribution in [2.45, 2.75) is 26.3 Å². The Morgan fingerprint density at radius 1 is 1.53 bits per heavy atom. The Hall–Kier alpha value is -1.40. The van der Waals surface area contributed by atoms with E-state index >= 15 is 0 Å². The average Bonchev–Trinajstić information content (AvgIpc) is 2.95. The summed E-state index contributed by atoms with van der Waals surface area (Å²) in [5.41, 5.74) is 6.37. The Labute approximate surface area is 112 Å².